The summed E-state index contributed by atoms with van der Waals surface area (Å²) < 4.78 is 0. The van der Waals surface area contributed by atoms with Crippen LogP contribution >= 0.6 is 22.9 Å². The summed E-state index contributed by atoms with van der Waals surface area (Å²) in [6.07, 6.45) is 4.21. The first kappa shape index (κ1) is 11.9. The fourth-order valence-electron chi connectivity index (χ4n) is 2.19. The molecule has 16 heavy (non-hydrogen) atoms. The second kappa shape index (κ2) is 4.73. The molecule has 1 heterocycles. The van der Waals surface area contributed by atoms with Crippen molar-refractivity contribution in [2.24, 2.45) is 5.73 Å². The number of hydrogen-bond acceptors (Lipinski definition) is 3. The Kier molecular flexibility index (Phi) is 3.52. The first-order valence-corrected chi connectivity index (χ1v) is 6.68. The molecule has 0 unspecified atom stereocenters. The number of hydrogen-bond donors (Lipinski definition) is 2. The van der Waals surface area contributed by atoms with Crippen LogP contribution in [0.4, 0.5) is 0 Å². The van der Waals surface area contributed by atoms with Gasteiger partial charge in [0.2, 0.25) is 0 Å². The molecule has 88 valence electrons. The second-order valence-electron chi connectivity index (χ2n) is 4.24. The van der Waals surface area contributed by atoms with E-state index in [1.165, 1.54) is 11.3 Å². The fraction of sp³-hybridized carbons (Fsp3) is 0.545. The van der Waals surface area contributed by atoms with E-state index in [1.807, 2.05) is 5.38 Å². The molecule has 0 radical (unpaired) electrons. The summed E-state index contributed by atoms with van der Waals surface area (Å²) in [5, 5.41) is 5.39. The standard InChI is InChI=1S/C11H15ClN2OS/c12-8-3-6-16-9(8)10(15)14-11(7-13)4-1-2-5-11/h3,6H,1-2,4-5,7,13H2,(H,14,15). The van der Waals surface area contributed by atoms with Gasteiger partial charge in [-0.05, 0) is 24.3 Å². The molecule has 1 fully saturated rings. The largest absolute Gasteiger partial charge is 0.345 e. The predicted octanol–water partition coefficient (Wildman–Crippen LogP) is 2.40. The maximum absolute atomic E-state index is 12.0. The van der Waals surface area contributed by atoms with Crippen LogP contribution < -0.4 is 11.1 Å². The molecule has 2 rings (SSSR count). The van der Waals surface area contributed by atoms with Crippen LogP contribution in [-0.4, -0.2) is 18.0 Å². The Morgan fingerprint density at radius 2 is 2.25 bits per heavy atom. The van der Waals surface area contributed by atoms with Crippen molar-refractivity contribution >= 4 is 28.8 Å². The van der Waals surface area contributed by atoms with Gasteiger partial charge < -0.3 is 11.1 Å². The fourth-order valence-corrected chi connectivity index (χ4v) is 3.22. The van der Waals surface area contributed by atoms with E-state index in [4.69, 9.17) is 17.3 Å². The molecule has 0 atom stereocenters. The third-order valence-corrected chi connectivity index (χ3v) is 4.49. The number of carbonyl (C=O) groups is 1. The van der Waals surface area contributed by atoms with Gasteiger partial charge in [-0.3, -0.25) is 4.79 Å². The van der Waals surface area contributed by atoms with Gasteiger partial charge in [-0.25, -0.2) is 0 Å². The number of amides is 1. The van der Waals surface area contributed by atoms with E-state index in [2.05, 4.69) is 5.32 Å². The Hall–Kier alpha value is -0.580. The zero-order valence-electron chi connectivity index (χ0n) is 8.96. The van der Waals surface area contributed by atoms with Crippen molar-refractivity contribution < 1.29 is 4.79 Å². The molecule has 0 aliphatic heterocycles. The van der Waals surface area contributed by atoms with Gasteiger partial charge in [-0.1, -0.05) is 24.4 Å². The van der Waals surface area contributed by atoms with Crippen LogP contribution in [0.15, 0.2) is 11.4 Å². The Bertz CT molecular complexity index is 385. The van der Waals surface area contributed by atoms with Crippen molar-refractivity contribution in [3.63, 3.8) is 0 Å². The molecule has 1 aromatic rings. The highest BCUT2D eigenvalue weighted by atomic mass is 35.5. The lowest BCUT2D eigenvalue weighted by Crippen LogP contribution is -2.51. The molecule has 0 bridgehead atoms. The first-order valence-electron chi connectivity index (χ1n) is 5.42. The van der Waals surface area contributed by atoms with Gasteiger partial charge in [0.15, 0.2) is 0 Å². The number of nitrogens with one attached hydrogen (secondary N) is 1. The molecule has 0 aromatic carbocycles. The Labute approximate surface area is 104 Å². The van der Waals surface area contributed by atoms with E-state index >= 15 is 0 Å². The van der Waals surface area contributed by atoms with Crippen LogP contribution in [0.25, 0.3) is 0 Å². The monoisotopic (exact) mass is 258 g/mol. The highest BCUT2D eigenvalue weighted by Gasteiger charge is 2.34. The molecule has 0 saturated heterocycles. The van der Waals surface area contributed by atoms with Gasteiger partial charge >= 0.3 is 0 Å². The minimum Gasteiger partial charge on any atom is -0.345 e. The van der Waals surface area contributed by atoms with Crippen molar-refractivity contribution in [1.82, 2.24) is 5.32 Å². The van der Waals surface area contributed by atoms with Crippen LogP contribution in [-0.2, 0) is 0 Å². The summed E-state index contributed by atoms with van der Waals surface area (Å²) in [5.41, 5.74) is 5.56. The number of carbonyl (C=O) groups excluding carboxylic acids is 1. The smallest absolute Gasteiger partial charge is 0.263 e. The minimum absolute atomic E-state index is 0.0904. The van der Waals surface area contributed by atoms with E-state index in [0.29, 0.717) is 16.4 Å². The Balaban J connectivity index is 2.09. The maximum atomic E-state index is 12.0. The molecule has 3 N–H and O–H groups in total. The van der Waals surface area contributed by atoms with Crippen LogP contribution in [0, 0.1) is 0 Å². The number of nitrogens with two attached hydrogens (primary N) is 1. The van der Waals surface area contributed by atoms with Gasteiger partial charge in [0.1, 0.15) is 4.88 Å². The molecular weight excluding hydrogens is 244 g/mol. The molecule has 1 aromatic heterocycles. The SMILES string of the molecule is NCC1(NC(=O)c2sccc2Cl)CCCC1. The number of rotatable bonds is 3. The number of halogens is 1. The van der Waals surface area contributed by atoms with Crippen LogP contribution in [0.5, 0.6) is 0 Å². The highest BCUT2D eigenvalue weighted by Crippen LogP contribution is 2.30. The lowest BCUT2D eigenvalue weighted by molar-refractivity contribution is 0.0907. The molecule has 1 aliphatic rings. The summed E-state index contributed by atoms with van der Waals surface area (Å²) in [6, 6.07) is 1.74. The summed E-state index contributed by atoms with van der Waals surface area (Å²) >= 11 is 7.29. The molecule has 3 nitrogen and oxygen atoms in total. The van der Waals surface area contributed by atoms with Crippen LogP contribution in [0.1, 0.15) is 35.4 Å². The lowest BCUT2D eigenvalue weighted by Gasteiger charge is -2.28. The second-order valence-corrected chi connectivity index (χ2v) is 5.57. The summed E-state index contributed by atoms with van der Waals surface area (Å²) in [4.78, 5) is 12.6. The van der Waals surface area contributed by atoms with Crippen molar-refractivity contribution in [2.45, 2.75) is 31.2 Å². The van der Waals surface area contributed by atoms with E-state index in [0.717, 1.165) is 25.7 Å². The van der Waals surface area contributed by atoms with E-state index in [9.17, 15) is 4.79 Å². The van der Waals surface area contributed by atoms with Gasteiger partial charge in [0.25, 0.3) is 5.91 Å². The van der Waals surface area contributed by atoms with Crippen molar-refractivity contribution in [1.29, 1.82) is 0 Å². The summed E-state index contributed by atoms with van der Waals surface area (Å²) in [7, 11) is 0. The lowest BCUT2D eigenvalue weighted by atomic mass is 9.98. The van der Waals surface area contributed by atoms with Crippen LogP contribution in [0.3, 0.4) is 0 Å². The van der Waals surface area contributed by atoms with E-state index < -0.39 is 0 Å². The maximum Gasteiger partial charge on any atom is 0.263 e. The molecule has 1 aliphatic carbocycles. The average Bonchev–Trinajstić information content (AvgIpc) is 2.87. The highest BCUT2D eigenvalue weighted by molar-refractivity contribution is 7.12. The minimum atomic E-state index is -0.204. The predicted molar refractivity (Wildman–Crippen MR) is 67.0 cm³/mol. The quantitative estimate of drug-likeness (QED) is 0.875. The van der Waals surface area contributed by atoms with Crippen molar-refractivity contribution in [2.75, 3.05) is 6.54 Å². The normalized spacial score (nSPS) is 18.6. The van der Waals surface area contributed by atoms with E-state index in [-0.39, 0.29) is 11.4 Å². The van der Waals surface area contributed by atoms with Crippen LogP contribution in [0.2, 0.25) is 5.02 Å². The topological polar surface area (TPSA) is 55.1 Å². The Morgan fingerprint density at radius 1 is 1.56 bits per heavy atom. The molecule has 1 amide bonds. The third kappa shape index (κ3) is 2.24. The zero-order chi connectivity index (χ0) is 11.6. The van der Waals surface area contributed by atoms with Crippen molar-refractivity contribution in [3.05, 3.63) is 21.3 Å². The Morgan fingerprint density at radius 3 is 2.75 bits per heavy atom. The van der Waals surface area contributed by atoms with E-state index in [1.54, 1.807) is 6.07 Å². The third-order valence-electron chi connectivity index (χ3n) is 3.15. The van der Waals surface area contributed by atoms with Gasteiger partial charge in [0, 0.05) is 6.54 Å². The average molecular weight is 259 g/mol. The molecule has 0 spiro atoms. The molecule has 5 heteroatoms. The van der Waals surface area contributed by atoms with Gasteiger partial charge in [-0.15, -0.1) is 11.3 Å². The summed E-state index contributed by atoms with van der Waals surface area (Å²) in [5.74, 6) is -0.0904. The first-order chi connectivity index (χ1) is 7.67. The molecule has 1 saturated carbocycles. The van der Waals surface area contributed by atoms with Gasteiger partial charge in [-0.2, -0.15) is 0 Å². The van der Waals surface area contributed by atoms with Gasteiger partial charge in [0.05, 0.1) is 10.6 Å². The summed E-state index contributed by atoms with van der Waals surface area (Å²) in [6.45, 7) is 0.502. The molecular formula is C11H15ClN2OS. The zero-order valence-corrected chi connectivity index (χ0v) is 10.5. The number of thiophene rings is 1. The van der Waals surface area contributed by atoms with Crippen molar-refractivity contribution in [3.8, 4) is 0 Å².